The van der Waals surface area contributed by atoms with Crippen molar-refractivity contribution < 1.29 is 9.72 Å². The highest BCUT2D eigenvalue weighted by molar-refractivity contribution is 6.01. The Morgan fingerprint density at radius 2 is 1.80 bits per heavy atom. The fourth-order valence-electron chi connectivity index (χ4n) is 3.11. The Morgan fingerprint density at radius 3 is 2.57 bits per heavy atom. The van der Waals surface area contributed by atoms with E-state index in [9.17, 15) is 14.9 Å². The topological polar surface area (TPSA) is 113 Å². The summed E-state index contributed by atoms with van der Waals surface area (Å²) in [4.78, 5) is 22.7. The number of amides is 1. The molecule has 0 unspecified atom stereocenters. The van der Waals surface area contributed by atoms with Crippen LogP contribution in [0.15, 0.2) is 77.9 Å². The Morgan fingerprint density at radius 1 is 1.07 bits per heavy atom. The molecule has 4 rings (SSSR count). The smallest absolute Gasteiger partial charge is 0.272 e. The molecule has 1 amide bonds. The van der Waals surface area contributed by atoms with E-state index in [0.29, 0.717) is 17.0 Å². The number of aromatic amines is 1. The highest BCUT2D eigenvalue weighted by Crippen LogP contribution is 2.27. The lowest BCUT2D eigenvalue weighted by molar-refractivity contribution is -0.384. The normalized spacial score (nSPS) is 11.4. The first-order valence-electron chi connectivity index (χ1n) is 9.16. The first-order chi connectivity index (χ1) is 14.5. The predicted molar refractivity (Wildman–Crippen MR) is 114 cm³/mol. The van der Waals surface area contributed by atoms with Gasteiger partial charge in [-0.25, -0.2) is 5.43 Å². The number of carbonyl (C=O) groups is 1. The summed E-state index contributed by atoms with van der Waals surface area (Å²) in [6.45, 7) is 1.70. The summed E-state index contributed by atoms with van der Waals surface area (Å²) in [5.41, 5.74) is 5.53. The lowest BCUT2D eigenvalue weighted by atomic mass is 10.0. The fraction of sp³-hybridized carbons (Fsp3) is 0.0455. The van der Waals surface area contributed by atoms with Gasteiger partial charge in [0.1, 0.15) is 5.69 Å². The summed E-state index contributed by atoms with van der Waals surface area (Å²) >= 11 is 0. The molecule has 0 spiro atoms. The maximum absolute atomic E-state index is 12.5. The number of H-pyrrole nitrogens is 1. The van der Waals surface area contributed by atoms with Crippen molar-refractivity contribution >= 4 is 28.1 Å². The molecule has 0 fully saturated rings. The number of nitrogens with zero attached hydrogens (tertiary/aromatic N) is 3. The maximum Gasteiger partial charge on any atom is 0.289 e. The van der Waals surface area contributed by atoms with E-state index in [1.54, 1.807) is 25.1 Å². The second-order valence-corrected chi connectivity index (χ2v) is 6.64. The number of rotatable bonds is 5. The van der Waals surface area contributed by atoms with Gasteiger partial charge in [-0.1, -0.05) is 42.5 Å². The molecule has 30 heavy (non-hydrogen) atoms. The van der Waals surface area contributed by atoms with Crippen LogP contribution in [0.25, 0.3) is 22.0 Å². The number of fused-ring (bicyclic) bond motifs is 1. The van der Waals surface area contributed by atoms with E-state index in [2.05, 4.69) is 20.7 Å². The van der Waals surface area contributed by atoms with Crippen molar-refractivity contribution in [1.82, 2.24) is 15.6 Å². The van der Waals surface area contributed by atoms with Crippen LogP contribution >= 0.6 is 0 Å². The average Bonchev–Trinajstić information content (AvgIpc) is 3.27. The first-order valence-corrected chi connectivity index (χ1v) is 9.16. The number of nitro groups is 1. The number of nitrogens with one attached hydrogen (secondary N) is 2. The fourth-order valence-corrected chi connectivity index (χ4v) is 3.11. The first kappa shape index (κ1) is 19.0. The summed E-state index contributed by atoms with van der Waals surface area (Å²) in [5, 5.41) is 24.0. The van der Waals surface area contributed by atoms with Crippen molar-refractivity contribution in [2.75, 3.05) is 0 Å². The van der Waals surface area contributed by atoms with Gasteiger partial charge in [-0.2, -0.15) is 10.2 Å². The predicted octanol–water partition coefficient (Wildman–Crippen LogP) is 4.29. The lowest BCUT2D eigenvalue weighted by Crippen LogP contribution is -2.19. The molecule has 1 heterocycles. The number of benzene rings is 3. The second-order valence-electron chi connectivity index (χ2n) is 6.64. The van der Waals surface area contributed by atoms with Gasteiger partial charge in [0.15, 0.2) is 0 Å². The molecule has 0 saturated heterocycles. The monoisotopic (exact) mass is 399 g/mol. The van der Waals surface area contributed by atoms with E-state index in [-0.39, 0.29) is 11.4 Å². The molecule has 0 saturated carbocycles. The number of hydrogen-bond acceptors (Lipinski definition) is 5. The van der Waals surface area contributed by atoms with Crippen LogP contribution in [-0.2, 0) is 0 Å². The molecule has 0 aliphatic rings. The van der Waals surface area contributed by atoms with E-state index in [1.165, 1.54) is 12.1 Å². The minimum absolute atomic E-state index is 0.00555. The molecule has 0 aliphatic carbocycles. The van der Waals surface area contributed by atoms with E-state index < -0.39 is 10.8 Å². The van der Waals surface area contributed by atoms with Gasteiger partial charge in [0.05, 0.1) is 16.3 Å². The van der Waals surface area contributed by atoms with Crippen LogP contribution in [0.5, 0.6) is 0 Å². The van der Waals surface area contributed by atoms with Crippen LogP contribution in [0, 0.1) is 10.1 Å². The van der Waals surface area contributed by atoms with Gasteiger partial charge in [-0.3, -0.25) is 20.0 Å². The Bertz CT molecular complexity index is 1270. The van der Waals surface area contributed by atoms with Crippen LogP contribution < -0.4 is 5.43 Å². The molecule has 0 bridgehead atoms. The molecule has 4 aromatic rings. The summed E-state index contributed by atoms with van der Waals surface area (Å²) in [5.74, 6) is -0.435. The number of carbonyl (C=O) groups excluding carboxylic acids is 1. The molecular formula is C22H17N5O3. The van der Waals surface area contributed by atoms with Gasteiger partial charge in [-0.15, -0.1) is 0 Å². The summed E-state index contributed by atoms with van der Waals surface area (Å²) < 4.78 is 0. The van der Waals surface area contributed by atoms with E-state index in [1.807, 2.05) is 42.5 Å². The molecule has 0 radical (unpaired) electrons. The molecular weight excluding hydrogens is 382 g/mol. The maximum atomic E-state index is 12.5. The Hall–Kier alpha value is -4.33. The van der Waals surface area contributed by atoms with Gasteiger partial charge in [0.2, 0.25) is 0 Å². The summed E-state index contributed by atoms with van der Waals surface area (Å²) in [6, 6.07) is 21.5. The number of nitro benzene ring substituents is 1. The van der Waals surface area contributed by atoms with Crippen LogP contribution in [0.2, 0.25) is 0 Å². The minimum Gasteiger partial charge on any atom is -0.272 e. The third kappa shape index (κ3) is 3.79. The van der Waals surface area contributed by atoms with E-state index in [0.717, 1.165) is 16.3 Å². The minimum atomic E-state index is -0.468. The molecule has 1 aromatic heterocycles. The molecule has 148 valence electrons. The van der Waals surface area contributed by atoms with Crippen molar-refractivity contribution in [3.8, 4) is 11.3 Å². The molecule has 0 aliphatic heterocycles. The standard InChI is InChI=1S/C22H17N5O3/c1-14(15-9-11-17(12-10-15)27(29)30)23-26-22(28)21-13-20(24-25-21)19-8-4-6-16-5-2-3-7-18(16)19/h2-13H,1H3,(H,24,25)(H,26,28)/b23-14-. The largest absolute Gasteiger partial charge is 0.289 e. The molecule has 3 aromatic carbocycles. The van der Waals surface area contributed by atoms with Crippen LogP contribution in [0.1, 0.15) is 23.0 Å². The zero-order valence-electron chi connectivity index (χ0n) is 16.0. The highest BCUT2D eigenvalue weighted by atomic mass is 16.6. The molecule has 2 N–H and O–H groups in total. The quantitative estimate of drug-likeness (QED) is 0.296. The molecule has 8 nitrogen and oxygen atoms in total. The van der Waals surface area contributed by atoms with Gasteiger partial charge in [-0.05, 0) is 41.5 Å². The van der Waals surface area contributed by atoms with Crippen LogP contribution in [-0.4, -0.2) is 26.7 Å². The third-order valence-electron chi connectivity index (χ3n) is 4.71. The number of aromatic nitrogens is 2. The third-order valence-corrected chi connectivity index (χ3v) is 4.71. The number of non-ortho nitro benzene ring substituents is 1. The van der Waals surface area contributed by atoms with Crippen molar-refractivity contribution in [2.45, 2.75) is 6.92 Å². The number of hydrazone groups is 1. The average molecular weight is 399 g/mol. The Balaban J connectivity index is 1.51. The molecule has 0 atom stereocenters. The van der Waals surface area contributed by atoms with Crippen molar-refractivity contribution in [3.63, 3.8) is 0 Å². The van der Waals surface area contributed by atoms with Crippen LogP contribution in [0.4, 0.5) is 5.69 Å². The Kier molecular flexibility index (Phi) is 5.04. The SMILES string of the molecule is C/C(=N/NC(=O)c1cc(-c2cccc3ccccc23)n[nH]1)c1ccc([N+](=O)[O-])cc1. The molecule has 8 heteroatoms. The zero-order valence-corrected chi connectivity index (χ0v) is 16.0. The van der Waals surface area contributed by atoms with Gasteiger partial charge < -0.3 is 0 Å². The van der Waals surface area contributed by atoms with Gasteiger partial charge in [0.25, 0.3) is 11.6 Å². The number of hydrogen-bond donors (Lipinski definition) is 2. The Labute approximate surface area is 171 Å². The van der Waals surface area contributed by atoms with E-state index in [4.69, 9.17) is 0 Å². The van der Waals surface area contributed by atoms with Gasteiger partial charge >= 0.3 is 0 Å². The highest BCUT2D eigenvalue weighted by Gasteiger charge is 2.13. The van der Waals surface area contributed by atoms with Crippen molar-refractivity contribution in [2.24, 2.45) is 5.10 Å². The van der Waals surface area contributed by atoms with E-state index >= 15 is 0 Å². The summed E-state index contributed by atoms with van der Waals surface area (Å²) in [6.07, 6.45) is 0. The second kappa shape index (κ2) is 7.96. The van der Waals surface area contributed by atoms with Crippen molar-refractivity contribution in [1.29, 1.82) is 0 Å². The lowest BCUT2D eigenvalue weighted by Gasteiger charge is -2.03. The van der Waals surface area contributed by atoms with Gasteiger partial charge in [0, 0.05) is 17.7 Å². The van der Waals surface area contributed by atoms with Crippen molar-refractivity contribution in [3.05, 3.63) is 94.2 Å². The summed E-state index contributed by atoms with van der Waals surface area (Å²) in [7, 11) is 0. The van der Waals surface area contributed by atoms with Crippen LogP contribution in [0.3, 0.4) is 0 Å². The zero-order chi connectivity index (χ0) is 21.1.